The van der Waals surface area contributed by atoms with E-state index >= 15 is 0 Å². The highest BCUT2D eigenvalue weighted by Gasteiger charge is 2.15. The molecule has 1 aliphatic heterocycles. The zero-order valence-electron chi connectivity index (χ0n) is 20.2. The van der Waals surface area contributed by atoms with Gasteiger partial charge in [-0.2, -0.15) is 0 Å². The van der Waals surface area contributed by atoms with E-state index < -0.39 is 11.7 Å². The monoisotopic (exact) mass is 481 g/mol. The predicted molar refractivity (Wildman–Crippen MR) is 145 cm³/mol. The number of hydrogen-bond donors (Lipinski definition) is 3. The molecule has 1 aliphatic rings. The summed E-state index contributed by atoms with van der Waals surface area (Å²) in [6.45, 7) is 2.22. The number of fused-ring (bicyclic) bond motifs is 1. The molecule has 0 bridgehead atoms. The molecular formula is C29H31N5O2. The average Bonchev–Trinajstić information content (AvgIpc) is 3.25. The number of anilines is 3. The van der Waals surface area contributed by atoms with Gasteiger partial charge in [0, 0.05) is 30.7 Å². The Morgan fingerprint density at radius 1 is 0.972 bits per heavy atom. The summed E-state index contributed by atoms with van der Waals surface area (Å²) in [6.07, 6.45) is 8.63. The van der Waals surface area contributed by atoms with Crippen molar-refractivity contribution >= 4 is 34.8 Å². The Kier molecular flexibility index (Phi) is 6.89. The molecule has 0 unspecified atom stereocenters. The minimum absolute atomic E-state index is 0.485. The lowest BCUT2D eigenvalue weighted by molar-refractivity contribution is -0.116. The maximum atomic E-state index is 11.3. The molecule has 184 valence electrons. The second kappa shape index (κ2) is 10.6. The summed E-state index contributed by atoms with van der Waals surface area (Å²) < 4.78 is 1.96. The molecule has 36 heavy (non-hydrogen) atoms. The van der Waals surface area contributed by atoms with Gasteiger partial charge in [-0.15, -0.1) is 0 Å². The molecule has 0 saturated carbocycles. The molecule has 4 aromatic rings. The first-order valence-corrected chi connectivity index (χ1v) is 12.4. The van der Waals surface area contributed by atoms with E-state index in [9.17, 15) is 9.90 Å². The fourth-order valence-corrected chi connectivity index (χ4v) is 4.68. The van der Waals surface area contributed by atoms with Gasteiger partial charge in [0.25, 0.3) is 5.91 Å². The number of aliphatic hydroxyl groups is 1. The van der Waals surface area contributed by atoms with Gasteiger partial charge >= 0.3 is 0 Å². The molecular weight excluding hydrogens is 450 g/mol. The largest absolute Gasteiger partial charge is 0.503 e. The summed E-state index contributed by atoms with van der Waals surface area (Å²) >= 11 is 0. The highest BCUT2D eigenvalue weighted by Crippen LogP contribution is 2.27. The van der Waals surface area contributed by atoms with Gasteiger partial charge in [-0.05, 0) is 85.7 Å². The number of carbonyl (C=O) groups is 1. The van der Waals surface area contributed by atoms with Crippen molar-refractivity contribution in [3.63, 3.8) is 0 Å². The smallest absolute Gasteiger partial charge is 0.283 e. The van der Waals surface area contributed by atoms with Crippen LogP contribution < -0.4 is 16.0 Å². The van der Waals surface area contributed by atoms with Crippen molar-refractivity contribution in [3.05, 3.63) is 95.5 Å². The third kappa shape index (κ3) is 5.35. The third-order valence-corrected chi connectivity index (χ3v) is 6.61. The molecule has 7 nitrogen and oxygen atoms in total. The van der Waals surface area contributed by atoms with Crippen molar-refractivity contribution in [3.8, 4) is 0 Å². The van der Waals surface area contributed by atoms with Gasteiger partial charge in [0.05, 0.1) is 5.69 Å². The number of rotatable bonds is 8. The van der Waals surface area contributed by atoms with Gasteiger partial charge in [-0.25, -0.2) is 4.98 Å². The molecule has 0 atom stereocenters. The maximum Gasteiger partial charge on any atom is 0.283 e. The van der Waals surface area contributed by atoms with E-state index in [1.165, 1.54) is 36.6 Å². The maximum absolute atomic E-state index is 11.3. The Balaban J connectivity index is 1.47. The van der Waals surface area contributed by atoms with Gasteiger partial charge in [0.2, 0.25) is 0 Å². The topological polar surface area (TPSA) is 95.9 Å². The van der Waals surface area contributed by atoms with Crippen molar-refractivity contribution < 1.29 is 9.90 Å². The Morgan fingerprint density at radius 2 is 1.72 bits per heavy atom. The molecule has 3 heterocycles. The Hall–Kier alpha value is -4.26. The number of aromatic nitrogens is 2. The molecule has 0 aliphatic carbocycles. The zero-order chi connectivity index (χ0) is 24.9. The number of nitrogens with zero attached hydrogens (tertiary/aromatic N) is 3. The lowest BCUT2D eigenvalue weighted by Gasteiger charge is -2.28. The first-order valence-electron chi connectivity index (χ1n) is 12.4. The number of nitrogens with one attached hydrogen (secondary N) is 1. The van der Waals surface area contributed by atoms with Crippen molar-refractivity contribution in [1.29, 1.82) is 0 Å². The first kappa shape index (κ1) is 23.5. The van der Waals surface area contributed by atoms with E-state index in [1.54, 1.807) is 6.07 Å². The number of amides is 1. The molecule has 7 heteroatoms. The Morgan fingerprint density at radius 3 is 2.44 bits per heavy atom. The lowest BCUT2D eigenvalue weighted by atomic mass is 10.1. The van der Waals surface area contributed by atoms with Crippen LogP contribution in [0.4, 0.5) is 17.2 Å². The van der Waals surface area contributed by atoms with E-state index in [0.29, 0.717) is 5.56 Å². The molecule has 5 rings (SSSR count). The number of primary amides is 1. The van der Waals surface area contributed by atoms with Crippen molar-refractivity contribution in [2.75, 3.05) is 23.3 Å². The number of pyridine rings is 1. The fourth-order valence-electron chi connectivity index (χ4n) is 4.68. The highest BCUT2D eigenvalue weighted by molar-refractivity contribution is 5.94. The van der Waals surface area contributed by atoms with Crippen LogP contribution in [0.1, 0.15) is 36.1 Å². The van der Waals surface area contributed by atoms with E-state index in [-0.39, 0.29) is 0 Å². The van der Waals surface area contributed by atoms with Crippen LogP contribution in [-0.2, 0) is 17.6 Å². The van der Waals surface area contributed by atoms with E-state index in [2.05, 4.69) is 46.6 Å². The zero-order valence-corrected chi connectivity index (χ0v) is 20.2. The van der Waals surface area contributed by atoms with Gasteiger partial charge in [0.1, 0.15) is 11.5 Å². The number of piperidine rings is 1. The molecule has 1 amide bonds. The minimum atomic E-state index is -0.864. The summed E-state index contributed by atoms with van der Waals surface area (Å²) in [5.41, 5.74) is 11.0. The fraction of sp³-hybridized carbons (Fsp3) is 0.241. The van der Waals surface area contributed by atoms with Crippen LogP contribution in [0, 0.1) is 0 Å². The normalized spacial score (nSPS) is 14.2. The second-order valence-corrected chi connectivity index (χ2v) is 9.20. The van der Waals surface area contributed by atoms with Crippen LogP contribution in [0.3, 0.4) is 0 Å². The summed E-state index contributed by atoms with van der Waals surface area (Å²) in [4.78, 5) is 18.6. The van der Waals surface area contributed by atoms with Crippen molar-refractivity contribution in [2.45, 2.75) is 32.1 Å². The van der Waals surface area contributed by atoms with Crippen molar-refractivity contribution in [1.82, 2.24) is 9.38 Å². The lowest BCUT2D eigenvalue weighted by Crippen LogP contribution is -2.29. The summed E-state index contributed by atoms with van der Waals surface area (Å²) in [5.74, 6) is -0.488. The summed E-state index contributed by atoms with van der Waals surface area (Å²) in [6, 6.07) is 22.6. The predicted octanol–water partition coefficient (Wildman–Crippen LogP) is 5.24. The summed E-state index contributed by atoms with van der Waals surface area (Å²) in [5, 5.41) is 13.4. The molecule has 2 aromatic carbocycles. The van der Waals surface area contributed by atoms with Crippen LogP contribution in [0.5, 0.6) is 0 Å². The standard InChI is InChI=1S/C29H31N5O2/c30-28(36)26(35)19-22-10-16-27-32-25(15-9-21-7-3-1-4-8-21)29(34(27)20-22)31-23-11-13-24(14-12-23)33-17-5-2-6-18-33/h1,3-4,7-8,10-14,16,19-20,31,35H,2,5-6,9,15,17-18H2,(H2,30,36). The number of aliphatic hydroxyl groups excluding tert-OH is 1. The second-order valence-electron chi connectivity index (χ2n) is 9.20. The van der Waals surface area contributed by atoms with Crippen molar-refractivity contribution in [2.24, 2.45) is 5.73 Å². The van der Waals surface area contributed by atoms with Gasteiger partial charge in [-0.3, -0.25) is 9.20 Å². The van der Waals surface area contributed by atoms with E-state index in [1.807, 2.05) is 34.9 Å². The van der Waals surface area contributed by atoms with Crippen LogP contribution in [-0.4, -0.2) is 33.5 Å². The van der Waals surface area contributed by atoms with Crippen LogP contribution >= 0.6 is 0 Å². The molecule has 1 saturated heterocycles. The molecule has 0 radical (unpaired) electrons. The van der Waals surface area contributed by atoms with Crippen LogP contribution in [0.15, 0.2) is 78.7 Å². The number of hydrogen-bond acceptors (Lipinski definition) is 5. The number of aryl methyl sites for hydroxylation is 2. The van der Waals surface area contributed by atoms with E-state index in [4.69, 9.17) is 10.7 Å². The number of carbonyl (C=O) groups excluding carboxylic acids is 1. The minimum Gasteiger partial charge on any atom is -0.503 e. The molecule has 4 N–H and O–H groups in total. The molecule has 0 spiro atoms. The molecule has 1 fully saturated rings. The molecule has 2 aromatic heterocycles. The Bertz CT molecular complexity index is 1370. The van der Waals surface area contributed by atoms with E-state index in [0.717, 1.165) is 48.8 Å². The average molecular weight is 482 g/mol. The number of imidazole rings is 1. The first-order chi connectivity index (χ1) is 17.6. The van der Waals surface area contributed by atoms with Gasteiger partial charge in [0.15, 0.2) is 5.76 Å². The SMILES string of the molecule is NC(=O)C(O)=Cc1ccc2nc(CCc3ccccc3)c(Nc3ccc(N4CCCCC4)cc3)n2c1. The quantitative estimate of drug-likeness (QED) is 0.236. The number of nitrogens with two attached hydrogens (primary N) is 1. The van der Waals surface area contributed by atoms with Gasteiger partial charge in [-0.1, -0.05) is 30.3 Å². The van der Waals surface area contributed by atoms with Gasteiger partial charge < -0.3 is 21.1 Å². The number of benzene rings is 2. The van der Waals surface area contributed by atoms with Crippen LogP contribution in [0.2, 0.25) is 0 Å². The Labute approximate surface area is 210 Å². The van der Waals surface area contributed by atoms with Crippen LogP contribution in [0.25, 0.3) is 11.7 Å². The summed E-state index contributed by atoms with van der Waals surface area (Å²) in [7, 11) is 0. The third-order valence-electron chi connectivity index (χ3n) is 6.61. The highest BCUT2D eigenvalue weighted by atomic mass is 16.3.